The number of para-hydroxylation sites is 2. The Morgan fingerprint density at radius 2 is 1.62 bits per heavy atom. The first kappa shape index (κ1) is 24.7. The smallest absolute Gasteiger partial charge is 0.262 e. The predicted octanol–water partition coefficient (Wildman–Crippen LogP) is 4.47. The van der Waals surface area contributed by atoms with Gasteiger partial charge in [-0.15, -0.1) is 0 Å². The summed E-state index contributed by atoms with van der Waals surface area (Å²) in [5, 5.41) is 2.69. The van der Waals surface area contributed by atoms with Gasteiger partial charge in [0.05, 0.1) is 31.9 Å². The lowest BCUT2D eigenvalue weighted by atomic mass is 10.1. The molecule has 2 N–H and O–H groups in total. The maximum Gasteiger partial charge on any atom is 0.262 e. The molecule has 0 fully saturated rings. The monoisotopic (exact) mass is 482 g/mol. The number of ether oxygens (including phenoxy) is 3. The second-order valence-corrected chi connectivity index (χ2v) is 8.87. The normalized spacial score (nSPS) is 11.2. The molecule has 0 radical (unpaired) electrons. The third-order valence-electron chi connectivity index (χ3n) is 4.95. The highest BCUT2D eigenvalue weighted by molar-refractivity contribution is 7.92. The highest BCUT2D eigenvalue weighted by Gasteiger charge is 2.19. The summed E-state index contributed by atoms with van der Waals surface area (Å²) in [6, 6.07) is 16.6. The van der Waals surface area contributed by atoms with E-state index in [0.29, 0.717) is 39.8 Å². The Kier molecular flexibility index (Phi) is 7.80. The molecule has 0 saturated heterocycles. The Labute approximate surface area is 199 Å². The molecule has 3 aromatic rings. The van der Waals surface area contributed by atoms with Gasteiger partial charge in [-0.05, 0) is 61.0 Å². The number of rotatable bonds is 9. The van der Waals surface area contributed by atoms with Crippen LogP contribution in [0.4, 0.5) is 11.4 Å². The van der Waals surface area contributed by atoms with Crippen LogP contribution in [0.5, 0.6) is 17.2 Å². The van der Waals surface area contributed by atoms with Crippen molar-refractivity contribution in [1.29, 1.82) is 0 Å². The zero-order chi connectivity index (χ0) is 24.7. The maximum atomic E-state index is 13.1. The van der Waals surface area contributed by atoms with E-state index < -0.39 is 15.9 Å². The highest BCUT2D eigenvalue weighted by atomic mass is 32.2. The summed E-state index contributed by atoms with van der Waals surface area (Å²) in [5.74, 6) is 1.16. The van der Waals surface area contributed by atoms with Gasteiger partial charge in [-0.3, -0.25) is 9.52 Å². The van der Waals surface area contributed by atoms with Gasteiger partial charge in [0.1, 0.15) is 17.2 Å². The van der Waals surface area contributed by atoms with Gasteiger partial charge in [0, 0.05) is 17.3 Å². The zero-order valence-corrected chi connectivity index (χ0v) is 20.1. The van der Waals surface area contributed by atoms with Crippen LogP contribution in [0.2, 0.25) is 0 Å². The van der Waals surface area contributed by atoms with Crippen molar-refractivity contribution in [1.82, 2.24) is 0 Å². The summed E-state index contributed by atoms with van der Waals surface area (Å²) in [6.07, 6.45) is 2.92. The molecule has 0 atom stereocenters. The predicted molar refractivity (Wildman–Crippen MR) is 132 cm³/mol. The third-order valence-corrected chi connectivity index (χ3v) is 6.46. The first-order valence-electron chi connectivity index (χ1n) is 10.2. The first-order valence-corrected chi connectivity index (χ1v) is 11.7. The van der Waals surface area contributed by atoms with E-state index in [-0.39, 0.29) is 4.90 Å². The molecular weight excluding hydrogens is 456 g/mol. The van der Waals surface area contributed by atoms with Crippen molar-refractivity contribution in [2.24, 2.45) is 0 Å². The average Bonchev–Trinajstić information content (AvgIpc) is 2.83. The van der Waals surface area contributed by atoms with Crippen molar-refractivity contribution in [3.63, 3.8) is 0 Å². The fourth-order valence-corrected chi connectivity index (χ4v) is 4.56. The summed E-state index contributed by atoms with van der Waals surface area (Å²) in [7, 11) is 0.609. The molecule has 1 amide bonds. The van der Waals surface area contributed by atoms with Crippen molar-refractivity contribution in [3.8, 4) is 17.2 Å². The lowest BCUT2D eigenvalue weighted by molar-refractivity contribution is -0.111. The minimum absolute atomic E-state index is 0.0367. The summed E-state index contributed by atoms with van der Waals surface area (Å²) in [5.41, 5.74) is 1.83. The molecule has 8 nitrogen and oxygen atoms in total. The first-order chi connectivity index (χ1) is 16.3. The van der Waals surface area contributed by atoms with E-state index in [9.17, 15) is 13.2 Å². The van der Waals surface area contributed by atoms with Crippen LogP contribution < -0.4 is 24.2 Å². The van der Waals surface area contributed by atoms with E-state index in [1.54, 1.807) is 74.7 Å². The maximum absolute atomic E-state index is 13.1. The molecule has 0 aliphatic carbocycles. The summed E-state index contributed by atoms with van der Waals surface area (Å²) in [6.45, 7) is 1.68. The topological polar surface area (TPSA) is 103 Å². The quantitative estimate of drug-likeness (QED) is 0.436. The van der Waals surface area contributed by atoms with E-state index in [1.165, 1.54) is 26.4 Å². The molecule has 0 aliphatic heterocycles. The molecule has 3 rings (SSSR count). The second-order valence-electron chi connectivity index (χ2n) is 7.22. The van der Waals surface area contributed by atoms with E-state index in [1.807, 2.05) is 0 Å². The van der Waals surface area contributed by atoms with Crippen molar-refractivity contribution >= 4 is 33.4 Å². The van der Waals surface area contributed by atoms with Crippen LogP contribution in [-0.4, -0.2) is 35.7 Å². The standard InChI is InChI=1S/C25H26N2O6S/c1-17-9-11-19(16-24(17)34(29,30)27-21-7-5-6-8-23(21)33-4)26-25(28)14-10-18-15-20(31-2)12-13-22(18)32-3/h5-16,27H,1-4H3,(H,26,28)/b14-10+. The number of carbonyl (C=O) groups excluding carboxylic acids is 1. The average molecular weight is 483 g/mol. The molecular formula is C25H26N2O6S. The van der Waals surface area contributed by atoms with Crippen LogP contribution in [0, 0.1) is 6.92 Å². The molecule has 9 heteroatoms. The van der Waals surface area contributed by atoms with Crippen molar-refractivity contribution < 1.29 is 27.4 Å². The molecule has 34 heavy (non-hydrogen) atoms. The molecule has 0 bridgehead atoms. The van der Waals surface area contributed by atoms with Crippen LogP contribution in [-0.2, 0) is 14.8 Å². The number of aryl methyl sites for hydroxylation is 1. The van der Waals surface area contributed by atoms with Gasteiger partial charge in [0.25, 0.3) is 10.0 Å². The van der Waals surface area contributed by atoms with Gasteiger partial charge in [-0.1, -0.05) is 18.2 Å². The largest absolute Gasteiger partial charge is 0.497 e. The molecule has 0 heterocycles. The number of hydrogen-bond donors (Lipinski definition) is 2. The van der Waals surface area contributed by atoms with E-state index in [0.717, 1.165) is 0 Å². The SMILES string of the molecule is COc1ccc(OC)c(/C=C/C(=O)Nc2ccc(C)c(S(=O)(=O)Nc3ccccc3OC)c2)c1. The number of anilines is 2. The molecule has 0 saturated carbocycles. The molecule has 0 spiro atoms. The van der Waals surface area contributed by atoms with E-state index >= 15 is 0 Å². The van der Waals surface area contributed by atoms with Gasteiger partial charge in [0.15, 0.2) is 0 Å². The van der Waals surface area contributed by atoms with Crippen molar-refractivity contribution in [2.45, 2.75) is 11.8 Å². The van der Waals surface area contributed by atoms with Crippen LogP contribution in [0.1, 0.15) is 11.1 Å². The van der Waals surface area contributed by atoms with Gasteiger partial charge in [-0.2, -0.15) is 0 Å². The van der Waals surface area contributed by atoms with Crippen LogP contribution >= 0.6 is 0 Å². The Morgan fingerprint density at radius 3 is 2.32 bits per heavy atom. The number of amides is 1. The lowest BCUT2D eigenvalue weighted by Crippen LogP contribution is -2.16. The number of benzene rings is 3. The highest BCUT2D eigenvalue weighted by Crippen LogP contribution is 2.29. The Balaban J connectivity index is 1.81. The fourth-order valence-electron chi connectivity index (χ4n) is 3.22. The minimum atomic E-state index is -3.94. The summed E-state index contributed by atoms with van der Waals surface area (Å²) >= 11 is 0. The fraction of sp³-hybridized carbons (Fsp3) is 0.160. The Morgan fingerprint density at radius 1 is 0.882 bits per heavy atom. The Bertz CT molecular complexity index is 1320. The van der Waals surface area contributed by atoms with Crippen LogP contribution in [0.25, 0.3) is 6.08 Å². The second kappa shape index (κ2) is 10.8. The molecule has 178 valence electrons. The number of sulfonamides is 1. The summed E-state index contributed by atoms with van der Waals surface area (Å²) < 4.78 is 44.4. The molecule has 0 aromatic heterocycles. The number of methoxy groups -OCH3 is 3. The van der Waals surface area contributed by atoms with E-state index in [4.69, 9.17) is 14.2 Å². The minimum Gasteiger partial charge on any atom is -0.497 e. The van der Waals surface area contributed by atoms with Crippen LogP contribution in [0.3, 0.4) is 0 Å². The van der Waals surface area contributed by atoms with Crippen molar-refractivity contribution in [3.05, 3.63) is 77.9 Å². The lowest BCUT2D eigenvalue weighted by Gasteiger charge is -2.14. The van der Waals surface area contributed by atoms with Crippen molar-refractivity contribution in [2.75, 3.05) is 31.4 Å². The molecule has 0 aliphatic rings. The number of nitrogens with one attached hydrogen (secondary N) is 2. The zero-order valence-electron chi connectivity index (χ0n) is 19.3. The van der Waals surface area contributed by atoms with Gasteiger partial charge in [-0.25, -0.2) is 8.42 Å². The Hall–Kier alpha value is -3.98. The number of carbonyl (C=O) groups is 1. The molecule has 3 aromatic carbocycles. The summed E-state index contributed by atoms with van der Waals surface area (Å²) in [4.78, 5) is 12.5. The molecule has 0 unspecified atom stereocenters. The van der Waals surface area contributed by atoms with E-state index in [2.05, 4.69) is 10.0 Å². The number of hydrogen-bond acceptors (Lipinski definition) is 6. The van der Waals surface area contributed by atoms with Gasteiger partial charge >= 0.3 is 0 Å². The van der Waals surface area contributed by atoms with Gasteiger partial charge < -0.3 is 19.5 Å². The van der Waals surface area contributed by atoms with Crippen LogP contribution in [0.15, 0.2) is 71.6 Å². The van der Waals surface area contributed by atoms with Gasteiger partial charge in [0.2, 0.25) is 5.91 Å². The third kappa shape index (κ3) is 5.87.